The highest BCUT2D eigenvalue weighted by Crippen LogP contribution is 2.28. The molecule has 2 atom stereocenters. The average molecular weight is 155 g/mol. The second-order valence-electron chi connectivity index (χ2n) is 3.83. The molecule has 2 rings (SSSR count). The Kier molecular flexibility index (Phi) is 1.87. The van der Waals surface area contributed by atoms with Crippen LogP contribution in [0.15, 0.2) is 0 Å². The summed E-state index contributed by atoms with van der Waals surface area (Å²) in [4.78, 5) is 2.53. The maximum atomic E-state index is 5.73. The highest BCUT2D eigenvalue weighted by Gasteiger charge is 2.38. The lowest BCUT2D eigenvalue weighted by Gasteiger charge is -2.15. The molecule has 0 aromatic heterocycles. The summed E-state index contributed by atoms with van der Waals surface area (Å²) in [5.41, 5.74) is 0. The number of nitrogens with two attached hydrogens (primary N) is 1. The molecular formula is C8H17N3. The smallest absolute Gasteiger partial charge is 0.0172 e. The van der Waals surface area contributed by atoms with Crippen molar-refractivity contribution >= 4 is 0 Å². The zero-order valence-electron chi connectivity index (χ0n) is 7.16. The second-order valence-corrected chi connectivity index (χ2v) is 3.83. The van der Waals surface area contributed by atoms with E-state index >= 15 is 0 Å². The molecule has 0 bridgehead atoms. The third-order valence-electron chi connectivity index (χ3n) is 3.04. The largest absolute Gasteiger partial charge is 0.303 e. The van der Waals surface area contributed by atoms with Gasteiger partial charge in [-0.05, 0) is 18.4 Å². The summed E-state index contributed by atoms with van der Waals surface area (Å²) in [6.07, 6.45) is 0. The van der Waals surface area contributed by atoms with E-state index in [1.54, 1.807) is 0 Å². The Morgan fingerprint density at radius 1 is 1.18 bits per heavy atom. The third kappa shape index (κ3) is 1.28. The molecule has 2 saturated heterocycles. The van der Waals surface area contributed by atoms with Gasteiger partial charge in [0.05, 0.1) is 0 Å². The van der Waals surface area contributed by atoms with E-state index in [2.05, 4.69) is 11.8 Å². The van der Waals surface area contributed by atoms with Gasteiger partial charge in [-0.1, -0.05) is 6.92 Å². The summed E-state index contributed by atoms with van der Waals surface area (Å²) < 4.78 is 0. The molecule has 2 heterocycles. The topological polar surface area (TPSA) is 32.5 Å². The summed E-state index contributed by atoms with van der Waals surface area (Å²) in [5.74, 6) is 7.45. The molecule has 0 radical (unpaired) electrons. The summed E-state index contributed by atoms with van der Waals surface area (Å²) in [6, 6.07) is 0. The minimum atomic E-state index is 0.861. The number of likely N-dealkylation sites (tertiary alicyclic amines) is 1. The highest BCUT2D eigenvalue weighted by molar-refractivity contribution is 4.90. The second kappa shape index (κ2) is 2.73. The van der Waals surface area contributed by atoms with Crippen LogP contribution < -0.4 is 5.84 Å². The Morgan fingerprint density at radius 2 is 1.73 bits per heavy atom. The molecule has 0 aromatic rings. The number of hydrogen-bond donors (Lipinski definition) is 1. The first-order valence-electron chi connectivity index (χ1n) is 4.51. The van der Waals surface area contributed by atoms with Crippen molar-refractivity contribution in [2.45, 2.75) is 6.92 Å². The van der Waals surface area contributed by atoms with Gasteiger partial charge in [0.25, 0.3) is 0 Å². The Bertz CT molecular complexity index is 134. The average Bonchev–Trinajstić information content (AvgIpc) is 2.43. The first-order valence-corrected chi connectivity index (χ1v) is 4.51. The molecule has 2 N–H and O–H groups in total. The molecule has 0 unspecified atom stereocenters. The van der Waals surface area contributed by atoms with Gasteiger partial charge in [0, 0.05) is 26.2 Å². The Balaban J connectivity index is 1.93. The van der Waals surface area contributed by atoms with Gasteiger partial charge in [-0.2, -0.15) is 0 Å². The SMILES string of the molecule is CCN1C[C@H]2CN(N)C[C@H]2C1. The van der Waals surface area contributed by atoms with E-state index in [-0.39, 0.29) is 0 Å². The molecule has 2 aliphatic rings. The lowest BCUT2D eigenvalue weighted by Crippen LogP contribution is -2.33. The lowest BCUT2D eigenvalue weighted by atomic mass is 10.0. The van der Waals surface area contributed by atoms with Crippen molar-refractivity contribution in [3.8, 4) is 0 Å². The summed E-state index contributed by atoms with van der Waals surface area (Å²) >= 11 is 0. The molecule has 3 heteroatoms. The monoisotopic (exact) mass is 155 g/mol. The van der Waals surface area contributed by atoms with E-state index in [0.717, 1.165) is 24.9 Å². The van der Waals surface area contributed by atoms with Gasteiger partial charge in [-0.3, -0.25) is 5.84 Å². The van der Waals surface area contributed by atoms with E-state index in [1.807, 2.05) is 5.01 Å². The Hall–Kier alpha value is -0.120. The Morgan fingerprint density at radius 3 is 2.18 bits per heavy atom. The van der Waals surface area contributed by atoms with Gasteiger partial charge in [0.2, 0.25) is 0 Å². The number of hydrogen-bond acceptors (Lipinski definition) is 3. The van der Waals surface area contributed by atoms with Crippen LogP contribution in [-0.4, -0.2) is 42.6 Å². The van der Waals surface area contributed by atoms with Crippen LogP contribution in [-0.2, 0) is 0 Å². The molecule has 0 spiro atoms. The molecular weight excluding hydrogens is 138 g/mol. The van der Waals surface area contributed by atoms with Gasteiger partial charge in [-0.25, -0.2) is 5.01 Å². The summed E-state index contributed by atoms with van der Waals surface area (Å²) in [5, 5.41) is 1.97. The van der Waals surface area contributed by atoms with Crippen LogP contribution in [0.25, 0.3) is 0 Å². The van der Waals surface area contributed by atoms with Crippen LogP contribution in [0.1, 0.15) is 6.92 Å². The minimum absolute atomic E-state index is 0.861. The van der Waals surface area contributed by atoms with Crippen LogP contribution in [0, 0.1) is 11.8 Å². The maximum Gasteiger partial charge on any atom is 0.0172 e. The fourth-order valence-corrected chi connectivity index (χ4v) is 2.38. The van der Waals surface area contributed by atoms with Crippen molar-refractivity contribution in [3.63, 3.8) is 0 Å². The molecule has 0 aliphatic carbocycles. The predicted molar refractivity (Wildman–Crippen MR) is 44.9 cm³/mol. The molecule has 11 heavy (non-hydrogen) atoms. The Labute approximate surface area is 68.1 Å². The van der Waals surface area contributed by atoms with E-state index < -0.39 is 0 Å². The standard InChI is InChI=1S/C8H17N3/c1-2-10-3-7-5-11(9)6-8(7)4-10/h7-8H,2-6,9H2,1H3/t7-,8+. The van der Waals surface area contributed by atoms with E-state index in [0.29, 0.717) is 0 Å². The third-order valence-corrected chi connectivity index (χ3v) is 3.04. The first kappa shape index (κ1) is 7.53. The van der Waals surface area contributed by atoms with Crippen molar-refractivity contribution in [1.82, 2.24) is 9.91 Å². The quantitative estimate of drug-likeness (QED) is 0.530. The van der Waals surface area contributed by atoms with Gasteiger partial charge in [0.15, 0.2) is 0 Å². The van der Waals surface area contributed by atoms with Crippen LogP contribution in [0.3, 0.4) is 0 Å². The number of hydrazine groups is 1. The van der Waals surface area contributed by atoms with E-state index in [9.17, 15) is 0 Å². The fraction of sp³-hybridized carbons (Fsp3) is 1.00. The highest BCUT2D eigenvalue weighted by atomic mass is 15.4. The summed E-state index contributed by atoms with van der Waals surface area (Å²) in [7, 11) is 0. The van der Waals surface area contributed by atoms with Crippen molar-refractivity contribution in [3.05, 3.63) is 0 Å². The van der Waals surface area contributed by atoms with Crippen LogP contribution >= 0.6 is 0 Å². The van der Waals surface area contributed by atoms with Crippen molar-refractivity contribution in [1.29, 1.82) is 0 Å². The van der Waals surface area contributed by atoms with Crippen molar-refractivity contribution in [2.24, 2.45) is 17.7 Å². The predicted octanol–water partition coefficient (Wildman–Crippen LogP) is -0.256. The molecule has 64 valence electrons. The lowest BCUT2D eigenvalue weighted by molar-refractivity contribution is 0.267. The molecule has 0 saturated carbocycles. The number of rotatable bonds is 1. The van der Waals surface area contributed by atoms with Gasteiger partial charge >= 0.3 is 0 Å². The molecule has 0 aromatic carbocycles. The van der Waals surface area contributed by atoms with E-state index in [4.69, 9.17) is 5.84 Å². The van der Waals surface area contributed by atoms with Crippen LogP contribution in [0.4, 0.5) is 0 Å². The van der Waals surface area contributed by atoms with Crippen molar-refractivity contribution < 1.29 is 0 Å². The maximum absolute atomic E-state index is 5.73. The van der Waals surface area contributed by atoms with Gasteiger partial charge in [-0.15, -0.1) is 0 Å². The first-order chi connectivity index (χ1) is 5.29. The fourth-order valence-electron chi connectivity index (χ4n) is 2.38. The summed E-state index contributed by atoms with van der Waals surface area (Å²) in [6.45, 7) is 8.21. The minimum Gasteiger partial charge on any atom is -0.303 e. The molecule has 2 aliphatic heterocycles. The van der Waals surface area contributed by atoms with Crippen LogP contribution in [0.5, 0.6) is 0 Å². The van der Waals surface area contributed by atoms with Crippen LogP contribution in [0.2, 0.25) is 0 Å². The normalized spacial score (nSPS) is 39.8. The number of nitrogens with zero attached hydrogens (tertiary/aromatic N) is 2. The zero-order chi connectivity index (χ0) is 7.84. The zero-order valence-corrected chi connectivity index (χ0v) is 7.16. The molecule has 3 nitrogen and oxygen atoms in total. The van der Waals surface area contributed by atoms with Gasteiger partial charge in [0.1, 0.15) is 0 Å². The van der Waals surface area contributed by atoms with Gasteiger partial charge < -0.3 is 4.90 Å². The van der Waals surface area contributed by atoms with Crippen molar-refractivity contribution in [2.75, 3.05) is 32.7 Å². The number of fused-ring (bicyclic) bond motifs is 1. The molecule has 2 fully saturated rings. The van der Waals surface area contributed by atoms with E-state index in [1.165, 1.54) is 19.6 Å². The molecule has 0 amide bonds.